The van der Waals surface area contributed by atoms with Gasteiger partial charge in [-0.15, -0.1) is 0 Å². The van der Waals surface area contributed by atoms with Gasteiger partial charge in [-0.3, -0.25) is 9.59 Å². The maximum atomic E-state index is 12.5. The SMILES string of the molecule is COC(=O)c1cn([C@@H](CC(=O)O)c2cccc(OC(F)F)c2)cc2c(=O)[nH]nc1-2. The number of hydrogen-bond acceptors (Lipinski definition) is 6. The average Bonchev–Trinajstić information content (AvgIpc) is 3.05. The summed E-state index contributed by atoms with van der Waals surface area (Å²) in [4.78, 5) is 35.6. The largest absolute Gasteiger partial charge is 0.481 e. The number of esters is 1. The van der Waals surface area contributed by atoms with E-state index in [4.69, 9.17) is 4.74 Å². The smallest absolute Gasteiger partial charge is 0.387 e. The average molecular weight is 407 g/mol. The molecule has 1 aromatic carbocycles. The van der Waals surface area contributed by atoms with Crippen molar-refractivity contribution in [2.75, 3.05) is 7.11 Å². The van der Waals surface area contributed by atoms with Crippen molar-refractivity contribution in [3.63, 3.8) is 0 Å². The van der Waals surface area contributed by atoms with E-state index in [-0.39, 0.29) is 22.6 Å². The number of rotatable bonds is 7. The number of carboxylic acids is 1. The molecule has 0 aromatic heterocycles. The fourth-order valence-corrected chi connectivity index (χ4v) is 2.95. The number of ether oxygens (including phenoxy) is 2. The minimum absolute atomic E-state index is 0.0447. The maximum absolute atomic E-state index is 12.5. The molecular weight excluding hydrogens is 392 g/mol. The first-order chi connectivity index (χ1) is 13.8. The minimum Gasteiger partial charge on any atom is -0.481 e. The van der Waals surface area contributed by atoms with Gasteiger partial charge in [-0.25, -0.2) is 9.89 Å². The first-order valence-corrected chi connectivity index (χ1v) is 8.25. The molecule has 2 heterocycles. The zero-order chi connectivity index (χ0) is 21.1. The quantitative estimate of drug-likeness (QED) is 0.575. The lowest BCUT2D eigenvalue weighted by molar-refractivity contribution is -0.137. The van der Waals surface area contributed by atoms with Crippen LogP contribution in [0.25, 0.3) is 11.3 Å². The van der Waals surface area contributed by atoms with Crippen molar-refractivity contribution in [1.82, 2.24) is 14.8 Å². The highest BCUT2D eigenvalue weighted by Gasteiger charge is 2.26. The minimum atomic E-state index is -3.05. The molecular formula is C18H15F2N3O6. The topological polar surface area (TPSA) is 124 Å². The van der Waals surface area contributed by atoms with Crippen LogP contribution in [0.15, 0.2) is 41.5 Å². The van der Waals surface area contributed by atoms with Gasteiger partial charge in [0, 0.05) is 12.4 Å². The summed E-state index contributed by atoms with van der Waals surface area (Å²) in [6.07, 6.45) is 2.17. The molecule has 0 spiro atoms. The number of aliphatic carboxylic acids is 1. The third kappa shape index (κ3) is 4.23. The Morgan fingerprint density at radius 1 is 1.31 bits per heavy atom. The fraction of sp³-hybridized carbons (Fsp3) is 0.222. The maximum Gasteiger partial charge on any atom is 0.387 e. The van der Waals surface area contributed by atoms with Crippen LogP contribution in [0.2, 0.25) is 0 Å². The molecule has 1 aromatic rings. The highest BCUT2D eigenvalue weighted by molar-refractivity contribution is 5.96. The molecule has 0 aliphatic carbocycles. The molecule has 0 unspecified atom stereocenters. The summed E-state index contributed by atoms with van der Waals surface area (Å²) in [7, 11) is 1.15. The monoisotopic (exact) mass is 407 g/mol. The van der Waals surface area contributed by atoms with E-state index in [2.05, 4.69) is 14.9 Å². The van der Waals surface area contributed by atoms with E-state index in [0.717, 1.165) is 7.11 Å². The van der Waals surface area contributed by atoms with E-state index >= 15 is 0 Å². The zero-order valence-electron chi connectivity index (χ0n) is 15.0. The number of benzene rings is 1. The Kier molecular flexibility index (Phi) is 5.57. The Morgan fingerprint density at radius 3 is 2.72 bits per heavy atom. The highest BCUT2D eigenvalue weighted by atomic mass is 19.3. The van der Waals surface area contributed by atoms with E-state index in [1.54, 1.807) is 0 Å². The van der Waals surface area contributed by atoms with E-state index in [0.29, 0.717) is 5.56 Å². The number of nitrogens with zero attached hydrogens (tertiary/aromatic N) is 2. The summed E-state index contributed by atoms with van der Waals surface area (Å²) in [5.74, 6) is -2.12. The lowest BCUT2D eigenvalue weighted by Crippen LogP contribution is -2.19. The number of hydrogen-bond donors (Lipinski definition) is 2. The van der Waals surface area contributed by atoms with Crippen LogP contribution in [-0.2, 0) is 9.53 Å². The summed E-state index contributed by atoms with van der Waals surface area (Å²) < 4.78 is 35.5. The second kappa shape index (κ2) is 8.09. The molecule has 0 amide bonds. The van der Waals surface area contributed by atoms with Crippen LogP contribution in [0.1, 0.15) is 28.4 Å². The summed E-state index contributed by atoms with van der Waals surface area (Å²) in [5.41, 5.74) is -0.200. The van der Waals surface area contributed by atoms with Crippen molar-refractivity contribution in [1.29, 1.82) is 0 Å². The van der Waals surface area contributed by atoms with Crippen molar-refractivity contribution < 1.29 is 33.0 Å². The van der Waals surface area contributed by atoms with Gasteiger partial charge >= 0.3 is 18.6 Å². The van der Waals surface area contributed by atoms with Crippen LogP contribution in [0.4, 0.5) is 8.78 Å². The number of aromatic amines is 1. The van der Waals surface area contributed by atoms with Gasteiger partial charge in [0.2, 0.25) is 0 Å². The van der Waals surface area contributed by atoms with Gasteiger partial charge in [0.1, 0.15) is 17.0 Å². The van der Waals surface area contributed by atoms with E-state index in [9.17, 15) is 28.3 Å². The van der Waals surface area contributed by atoms with Crippen molar-refractivity contribution in [3.05, 3.63) is 58.1 Å². The number of pyridine rings is 1. The Hall–Kier alpha value is -3.76. The van der Waals surface area contributed by atoms with Crippen LogP contribution >= 0.6 is 0 Å². The van der Waals surface area contributed by atoms with Crippen molar-refractivity contribution in [3.8, 4) is 17.0 Å². The van der Waals surface area contributed by atoms with Gasteiger partial charge in [-0.1, -0.05) is 12.1 Å². The Labute approximate surface area is 161 Å². The lowest BCUT2D eigenvalue weighted by Gasteiger charge is -2.22. The molecule has 29 heavy (non-hydrogen) atoms. The molecule has 152 valence electrons. The van der Waals surface area contributed by atoms with Crippen LogP contribution in [0.3, 0.4) is 0 Å². The van der Waals surface area contributed by atoms with Crippen LogP contribution in [0.5, 0.6) is 5.75 Å². The van der Waals surface area contributed by atoms with E-state index in [1.165, 1.54) is 41.2 Å². The van der Waals surface area contributed by atoms with E-state index < -0.39 is 36.6 Å². The van der Waals surface area contributed by atoms with Gasteiger partial charge in [0.25, 0.3) is 5.56 Å². The molecule has 0 saturated carbocycles. The Morgan fingerprint density at radius 2 is 2.07 bits per heavy atom. The van der Waals surface area contributed by atoms with Gasteiger partial charge in [-0.05, 0) is 17.7 Å². The lowest BCUT2D eigenvalue weighted by atomic mass is 10.0. The number of carboxylic acid groups (broad SMARTS) is 1. The number of halogens is 2. The molecule has 2 aliphatic heterocycles. The molecule has 0 fully saturated rings. The molecule has 11 heteroatoms. The molecule has 0 saturated heterocycles. The third-order valence-corrected chi connectivity index (χ3v) is 4.18. The summed E-state index contributed by atoms with van der Waals surface area (Å²) >= 11 is 0. The third-order valence-electron chi connectivity index (χ3n) is 4.18. The molecule has 3 rings (SSSR count). The van der Waals surface area contributed by atoms with Crippen LogP contribution < -0.4 is 10.3 Å². The number of carbonyl (C=O) groups is 2. The predicted molar refractivity (Wildman–Crippen MR) is 94.3 cm³/mol. The van der Waals surface area contributed by atoms with Crippen molar-refractivity contribution >= 4 is 11.9 Å². The number of nitrogens with one attached hydrogen (secondary N) is 1. The van der Waals surface area contributed by atoms with Crippen molar-refractivity contribution in [2.45, 2.75) is 19.1 Å². The van der Waals surface area contributed by atoms with Crippen LogP contribution in [0, 0.1) is 0 Å². The van der Waals surface area contributed by atoms with Gasteiger partial charge in [0.05, 0.1) is 25.1 Å². The number of methoxy groups -OCH3 is 1. The Balaban J connectivity index is 2.17. The van der Waals surface area contributed by atoms with Crippen molar-refractivity contribution in [2.24, 2.45) is 0 Å². The standard InChI is InChI=1S/C18H15F2N3O6/c1-28-17(27)12-8-23(7-11-15(12)21-22-16(11)26)13(6-14(24)25)9-3-2-4-10(5-9)29-18(19)20/h2-5,7-8,13,18H,6H2,1H3,(H,22,26)(H,24,25)/t13-/m0/s1. The van der Waals surface area contributed by atoms with Gasteiger partial charge < -0.3 is 19.1 Å². The zero-order valence-corrected chi connectivity index (χ0v) is 15.0. The predicted octanol–water partition coefficient (Wildman–Crippen LogP) is 2.13. The second-order valence-electron chi connectivity index (χ2n) is 5.99. The molecule has 2 aliphatic rings. The highest BCUT2D eigenvalue weighted by Crippen LogP contribution is 2.30. The molecule has 9 nitrogen and oxygen atoms in total. The Bertz CT molecular complexity index is 1080. The first-order valence-electron chi connectivity index (χ1n) is 8.25. The normalized spacial score (nSPS) is 12.1. The number of carbonyl (C=O) groups excluding carboxylic acids is 1. The van der Waals surface area contributed by atoms with Crippen LogP contribution in [-0.4, -0.2) is 45.5 Å². The molecule has 1 atom stereocenters. The first kappa shape index (κ1) is 20.0. The van der Waals surface area contributed by atoms with Gasteiger partial charge in [-0.2, -0.15) is 13.9 Å². The molecule has 0 bridgehead atoms. The molecule has 0 radical (unpaired) electrons. The number of H-pyrrole nitrogens is 1. The summed E-state index contributed by atoms with van der Waals surface area (Å²) in [5, 5.41) is 15.4. The number of aromatic nitrogens is 3. The summed E-state index contributed by atoms with van der Waals surface area (Å²) in [6.45, 7) is -3.05. The molecule has 2 N–H and O–H groups in total. The summed E-state index contributed by atoms with van der Waals surface area (Å²) in [6, 6.07) is 4.58. The van der Waals surface area contributed by atoms with E-state index in [1.807, 2.05) is 0 Å². The van der Waals surface area contributed by atoms with Gasteiger partial charge in [0.15, 0.2) is 0 Å². The number of fused-ring (bicyclic) bond motifs is 1. The second-order valence-corrected chi connectivity index (χ2v) is 5.99. The number of alkyl halides is 2. The fourth-order valence-electron chi connectivity index (χ4n) is 2.95.